The van der Waals surface area contributed by atoms with Crippen LogP contribution in [-0.2, 0) is 6.54 Å². The highest BCUT2D eigenvalue weighted by Gasteiger charge is 2.09. The number of nitriles is 1. The van der Waals surface area contributed by atoms with E-state index in [1.54, 1.807) is 12.3 Å². The van der Waals surface area contributed by atoms with Crippen molar-refractivity contribution >= 4 is 5.82 Å². The first-order valence-electron chi connectivity index (χ1n) is 6.82. The molecule has 5 heteroatoms. The van der Waals surface area contributed by atoms with E-state index in [2.05, 4.69) is 21.4 Å². The Morgan fingerprint density at radius 1 is 1.33 bits per heavy atom. The summed E-state index contributed by atoms with van der Waals surface area (Å²) in [7, 11) is 0. The average Bonchev–Trinajstić information content (AvgIpc) is 2.46. The van der Waals surface area contributed by atoms with Crippen molar-refractivity contribution in [2.75, 3.05) is 5.32 Å². The number of nitrogens with one attached hydrogen (secondary N) is 1. The number of ether oxygens (including phenoxy) is 1. The molecule has 0 fully saturated rings. The molecule has 0 aliphatic heterocycles. The molecular weight excluding hydrogens is 264 g/mol. The minimum Gasteiger partial charge on any atom is -0.475 e. The van der Waals surface area contributed by atoms with E-state index in [1.807, 2.05) is 39.0 Å². The number of pyridine rings is 2. The van der Waals surface area contributed by atoms with Crippen LogP contribution in [0.1, 0.15) is 30.7 Å². The fourth-order valence-corrected chi connectivity index (χ4v) is 1.85. The number of hydrogen-bond donors (Lipinski definition) is 1. The summed E-state index contributed by atoms with van der Waals surface area (Å²) in [6.07, 6.45) is 1.76. The topological polar surface area (TPSA) is 70.8 Å². The third-order valence-electron chi connectivity index (χ3n) is 2.80. The molecule has 1 N–H and O–H groups in total. The molecule has 0 aliphatic carbocycles. The maximum atomic E-state index is 9.11. The van der Waals surface area contributed by atoms with Gasteiger partial charge in [0.1, 0.15) is 11.9 Å². The van der Waals surface area contributed by atoms with Gasteiger partial charge < -0.3 is 10.1 Å². The van der Waals surface area contributed by atoms with Crippen LogP contribution in [0.15, 0.2) is 30.5 Å². The number of aryl methyl sites for hydroxylation is 1. The van der Waals surface area contributed by atoms with Crippen molar-refractivity contribution in [3.8, 4) is 11.9 Å². The van der Waals surface area contributed by atoms with Crippen LogP contribution in [0.2, 0.25) is 0 Å². The molecule has 0 unspecified atom stereocenters. The number of hydrogen-bond acceptors (Lipinski definition) is 5. The van der Waals surface area contributed by atoms with Crippen LogP contribution in [0.5, 0.6) is 5.88 Å². The summed E-state index contributed by atoms with van der Waals surface area (Å²) in [5.41, 5.74) is 2.32. The van der Waals surface area contributed by atoms with Gasteiger partial charge in [0.2, 0.25) is 5.88 Å². The summed E-state index contributed by atoms with van der Waals surface area (Å²) < 4.78 is 5.68. The Kier molecular flexibility index (Phi) is 4.72. The Bertz CT molecular complexity index is 662. The SMILES string of the molecule is Cc1ccc(C#N)c(NCc2cccnc2OC(C)C)n1. The quantitative estimate of drug-likeness (QED) is 0.912. The van der Waals surface area contributed by atoms with Crippen molar-refractivity contribution in [1.29, 1.82) is 5.26 Å². The first-order valence-corrected chi connectivity index (χ1v) is 6.82. The van der Waals surface area contributed by atoms with E-state index in [9.17, 15) is 0 Å². The van der Waals surface area contributed by atoms with Crippen LogP contribution in [0, 0.1) is 18.3 Å². The van der Waals surface area contributed by atoms with Crippen molar-refractivity contribution < 1.29 is 4.74 Å². The number of aromatic nitrogens is 2. The van der Waals surface area contributed by atoms with Gasteiger partial charge in [0.25, 0.3) is 0 Å². The van der Waals surface area contributed by atoms with Gasteiger partial charge >= 0.3 is 0 Å². The summed E-state index contributed by atoms with van der Waals surface area (Å²) in [4.78, 5) is 8.60. The second kappa shape index (κ2) is 6.71. The van der Waals surface area contributed by atoms with E-state index in [-0.39, 0.29) is 6.10 Å². The zero-order chi connectivity index (χ0) is 15.2. The molecule has 21 heavy (non-hydrogen) atoms. The largest absolute Gasteiger partial charge is 0.475 e. The van der Waals surface area contributed by atoms with E-state index in [1.165, 1.54) is 0 Å². The molecular formula is C16H18N4O. The normalized spacial score (nSPS) is 10.2. The second-order valence-corrected chi connectivity index (χ2v) is 4.95. The van der Waals surface area contributed by atoms with Crippen LogP contribution >= 0.6 is 0 Å². The first kappa shape index (κ1) is 14.8. The maximum Gasteiger partial charge on any atom is 0.218 e. The molecule has 0 amide bonds. The zero-order valence-electron chi connectivity index (χ0n) is 12.4. The highest BCUT2D eigenvalue weighted by molar-refractivity contribution is 5.52. The third-order valence-corrected chi connectivity index (χ3v) is 2.80. The minimum atomic E-state index is 0.0606. The lowest BCUT2D eigenvalue weighted by Gasteiger charge is -2.14. The Balaban J connectivity index is 2.17. The van der Waals surface area contributed by atoms with E-state index in [0.717, 1.165) is 11.3 Å². The molecule has 5 nitrogen and oxygen atoms in total. The van der Waals surface area contributed by atoms with Gasteiger partial charge in [-0.2, -0.15) is 5.26 Å². The van der Waals surface area contributed by atoms with E-state index < -0.39 is 0 Å². The van der Waals surface area contributed by atoms with Crippen molar-refractivity contribution in [2.24, 2.45) is 0 Å². The number of nitrogens with zero attached hydrogens (tertiary/aromatic N) is 3. The van der Waals surface area contributed by atoms with E-state index in [4.69, 9.17) is 10.00 Å². The van der Waals surface area contributed by atoms with Gasteiger partial charge in [-0.3, -0.25) is 0 Å². The molecule has 0 aromatic carbocycles. The molecule has 0 bridgehead atoms. The molecule has 108 valence electrons. The van der Waals surface area contributed by atoms with Gasteiger partial charge in [0.05, 0.1) is 11.7 Å². The summed E-state index contributed by atoms with van der Waals surface area (Å²) in [6.45, 7) is 6.31. The molecule has 0 spiro atoms. The van der Waals surface area contributed by atoms with Gasteiger partial charge in [-0.15, -0.1) is 0 Å². The Morgan fingerprint density at radius 2 is 2.14 bits per heavy atom. The van der Waals surface area contributed by atoms with Gasteiger partial charge in [0, 0.05) is 24.0 Å². The summed E-state index contributed by atoms with van der Waals surface area (Å²) in [5.74, 6) is 1.18. The van der Waals surface area contributed by atoms with Crippen molar-refractivity contribution in [1.82, 2.24) is 9.97 Å². The highest BCUT2D eigenvalue weighted by atomic mass is 16.5. The van der Waals surface area contributed by atoms with Crippen LogP contribution in [0.25, 0.3) is 0 Å². The maximum absolute atomic E-state index is 9.11. The van der Waals surface area contributed by atoms with Crippen molar-refractivity contribution in [2.45, 2.75) is 33.4 Å². The van der Waals surface area contributed by atoms with Crippen molar-refractivity contribution in [3.05, 3.63) is 47.3 Å². The number of anilines is 1. The lowest BCUT2D eigenvalue weighted by molar-refractivity contribution is 0.230. The number of rotatable bonds is 5. The second-order valence-electron chi connectivity index (χ2n) is 4.95. The molecule has 2 rings (SSSR count). The van der Waals surface area contributed by atoms with Crippen LogP contribution in [0.3, 0.4) is 0 Å². The Hall–Kier alpha value is -2.61. The lowest BCUT2D eigenvalue weighted by Crippen LogP contribution is -2.11. The van der Waals surface area contributed by atoms with Crippen LogP contribution in [0.4, 0.5) is 5.82 Å². The predicted octanol–water partition coefficient (Wildman–Crippen LogP) is 3.06. The molecule has 2 heterocycles. The molecule has 2 aromatic rings. The van der Waals surface area contributed by atoms with Gasteiger partial charge in [-0.1, -0.05) is 6.07 Å². The van der Waals surface area contributed by atoms with E-state index >= 15 is 0 Å². The Morgan fingerprint density at radius 3 is 2.86 bits per heavy atom. The summed E-state index contributed by atoms with van der Waals surface area (Å²) >= 11 is 0. The van der Waals surface area contributed by atoms with Gasteiger partial charge in [-0.05, 0) is 39.0 Å². The van der Waals surface area contributed by atoms with Gasteiger partial charge in [0.15, 0.2) is 0 Å². The smallest absolute Gasteiger partial charge is 0.218 e. The summed E-state index contributed by atoms with van der Waals surface area (Å²) in [6, 6.07) is 9.52. The fourth-order valence-electron chi connectivity index (χ4n) is 1.85. The van der Waals surface area contributed by atoms with Gasteiger partial charge in [-0.25, -0.2) is 9.97 Å². The molecule has 2 aromatic heterocycles. The van der Waals surface area contributed by atoms with Crippen LogP contribution < -0.4 is 10.1 Å². The third kappa shape index (κ3) is 3.93. The molecule has 0 saturated heterocycles. The average molecular weight is 282 g/mol. The highest BCUT2D eigenvalue weighted by Crippen LogP contribution is 2.19. The molecule has 0 saturated carbocycles. The summed E-state index contributed by atoms with van der Waals surface area (Å²) in [5, 5.41) is 12.3. The minimum absolute atomic E-state index is 0.0606. The fraction of sp³-hybridized carbons (Fsp3) is 0.312. The predicted molar refractivity (Wildman–Crippen MR) is 81.0 cm³/mol. The molecule has 0 atom stereocenters. The monoisotopic (exact) mass is 282 g/mol. The molecule has 0 radical (unpaired) electrons. The Labute approximate surface area is 124 Å². The molecule has 0 aliphatic rings. The van der Waals surface area contributed by atoms with E-state index in [0.29, 0.717) is 23.8 Å². The standard InChI is InChI=1S/C16H18N4O/c1-11(2)21-16-14(5-4-8-18-16)10-19-15-13(9-17)7-6-12(3)20-15/h4-8,11H,10H2,1-3H3,(H,19,20). The van der Waals surface area contributed by atoms with Crippen molar-refractivity contribution in [3.63, 3.8) is 0 Å². The lowest BCUT2D eigenvalue weighted by atomic mass is 10.2. The van der Waals surface area contributed by atoms with Crippen LogP contribution in [-0.4, -0.2) is 16.1 Å². The first-order chi connectivity index (χ1) is 10.1. The zero-order valence-corrected chi connectivity index (χ0v) is 12.4.